The lowest BCUT2D eigenvalue weighted by molar-refractivity contribution is 0.0493. The molecule has 0 aliphatic carbocycles. The molecular weight excluding hydrogens is 232 g/mol. The largest absolute Gasteiger partial charge is 0.493 e. The molecule has 0 N–H and O–H groups in total. The lowest BCUT2D eigenvalue weighted by atomic mass is 10.0. The minimum absolute atomic E-state index is 0.536. The maximum atomic E-state index is 10.7. The molecule has 4 heteroatoms. The molecule has 0 aromatic heterocycles. The van der Waals surface area contributed by atoms with E-state index in [9.17, 15) is 4.79 Å². The van der Waals surface area contributed by atoms with Crippen molar-refractivity contribution in [2.45, 2.75) is 12.8 Å². The standard InChI is InChI=1S/C14H18O4/c1-16-14-8-12(9-15)2-3-13(14)18-10-11-4-6-17-7-5-11/h2-3,8-9,11H,4-7,10H2,1H3. The van der Waals surface area contributed by atoms with E-state index in [0.717, 1.165) is 32.3 Å². The van der Waals surface area contributed by atoms with Gasteiger partial charge in [0.05, 0.1) is 13.7 Å². The number of aldehydes is 1. The van der Waals surface area contributed by atoms with Crippen molar-refractivity contribution >= 4 is 6.29 Å². The van der Waals surface area contributed by atoms with Gasteiger partial charge < -0.3 is 14.2 Å². The van der Waals surface area contributed by atoms with E-state index in [-0.39, 0.29) is 0 Å². The van der Waals surface area contributed by atoms with Crippen LogP contribution in [0.2, 0.25) is 0 Å². The van der Waals surface area contributed by atoms with Crippen molar-refractivity contribution in [1.82, 2.24) is 0 Å². The molecule has 18 heavy (non-hydrogen) atoms. The molecule has 98 valence electrons. The van der Waals surface area contributed by atoms with Crippen molar-refractivity contribution in [2.75, 3.05) is 26.9 Å². The van der Waals surface area contributed by atoms with Crippen LogP contribution in [0.4, 0.5) is 0 Å². The average Bonchev–Trinajstić information content (AvgIpc) is 2.46. The van der Waals surface area contributed by atoms with Gasteiger partial charge in [-0.05, 0) is 37.0 Å². The molecule has 1 saturated heterocycles. The monoisotopic (exact) mass is 250 g/mol. The highest BCUT2D eigenvalue weighted by Gasteiger charge is 2.15. The van der Waals surface area contributed by atoms with Crippen LogP contribution in [0.1, 0.15) is 23.2 Å². The zero-order valence-corrected chi connectivity index (χ0v) is 10.6. The summed E-state index contributed by atoms with van der Waals surface area (Å²) in [6.07, 6.45) is 2.87. The van der Waals surface area contributed by atoms with Crippen LogP contribution in [-0.2, 0) is 4.74 Å². The Morgan fingerprint density at radius 1 is 1.33 bits per heavy atom. The molecule has 0 radical (unpaired) electrons. The van der Waals surface area contributed by atoms with E-state index in [0.29, 0.717) is 29.6 Å². The number of rotatable bonds is 5. The van der Waals surface area contributed by atoms with E-state index in [1.807, 2.05) is 0 Å². The first-order valence-corrected chi connectivity index (χ1v) is 6.17. The van der Waals surface area contributed by atoms with Crippen LogP contribution < -0.4 is 9.47 Å². The molecule has 0 amide bonds. The van der Waals surface area contributed by atoms with Gasteiger partial charge in [0.25, 0.3) is 0 Å². The molecule has 1 aromatic carbocycles. The third-order valence-electron chi connectivity index (χ3n) is 3.14. The molecular formula is C14H18O4. The van der Waals surface area contributed by atoms with Crippen LogP contribution in [0.15, 0.2) is 18.2 Å². The summed E-state index contributed by atoms with van der Waals surface area (Å²) < 4.78 is 16.3. The second-order valence-electron chi connectivity index (χ2n) is 4.39. The summed E-state index contributed by atoms with van der Waals surface area (Å²) in [5.74, 6) is 1.83. The minimum atomic E-state index is 0.536. The van der Waals surface area contributed by atoms with E-state index < -0.39 is 0 Å². The first kappa shape index (κ1) is 12.9. The van der Waals surface area contributed by atoms with Gasteiger partial charge in [0.15, 0.2) is 11.5 Å². The highest BCUT2D eigenvalue weighted by molar-refractivity contribution is 5.76. The SMILES string of the molecule is COc1cc(C=O)ccc1OCC1CCOCC1. The normalized spacial score (nSPS) is 16.3. The Labute approximate surface area is 107 Å². The molecule has 1 aliphatic rings. The molecule has 1 aliphatic heterocycles. The lowest BCUT2D eigenvalue weighted by Crippen LogP contribution is -2.21. The van der Waals surface area contributed by atoms with Crippen molar-refractivity contribution in [3.05, 3.63) is 23.8 Å². The van der Waals surface area contributed by atoms with Crippen LogP contribution in [0, 0.1) is 5.92 Å². The van der Waals surface area contributed by atoms with Crippen molar-refractivity contribution in [3.8, 4) is 11.5 Å². The molecule has 1 aromatic rings. The summed E-state index contributed by atoms with van der Waals surface area (Å²) in [5.41, 5.74) is 0.588. The van der Waals surface area contributed by atoms with Crippen molar-refractivity contribution in [3.63, 3.8) is 0 Å². The van der Waals surface area contributed by atoms with E-state index >= 15 is 0 Å². The van der Waals surface area contributed by atoms with E-state index in [2.05, 4.69) is 0 Å². The topological polar surface area (TPSA) is 44.8 Å². The maximum Gasteiger partial charge on any atom is 0.161 e. The van der Waals surface area contributed by atoms with Crippen LogP contribution in [-0.4, -0.2) is 33.2 Å². The Hall–Kier alpha value is -1.55. The molecule has 0 saturated carbocycles. The molecule has 0 atom stereocenters. The third kappa shape index (κ3) is 3.23. The first-order chi connectivity index (χ1) is 8.83. The summed E-state index contributed by atoms with van der Waals surface area (Å²) >= 11 is 0. The molecule has 1 heterocycles. The van der Waals surface area contributed by atoms with E-state index in [1.165, 1.54) is 0 Å². The summed E-state index contributed by atoms with van der Waals surface area (Å²) in [6, 6.07) is 5.20. The second kappa shape index (κ2) is 6.40. The molecule has 2 rings (SSSR count). The maximum absolute atomic E-state index is 10.7. The Kier molecular flexibility index (Phi) is 4.59. The quantitative estimate of drug-likeness (QED) is 0.752. The number of methoxy groups -OCH3 is 1. The van der Waals surface area contributed by atoms with E-state index in [1.54, 1.807) is 25.3 Å². The fraction of sp³-hybridized carbons (Fsp3) is 0.500. The van der Waals surface area contributed by atoms with Crippen LogP contribution >= 0.6 is 0 Å². The number of ether oxygens (including phenoxy) is 3. The Morgan fingerprint density at radius 2 is 2.11 bits per heavy atom. The van der Waals surface area contributed by atoms with Crippen LogP contribution in [0.25, 0.3) is 0 Å². The highest BCUT2D eigenvalue weighted by Crippen LogP contribution is 2.28. The smallest absolute Gasteiger partial charge is 0.161 e. The predicted octanol–water partition coefficient (Wildman–Crippen LogP) is 2.31. The first-order valence-electron chi connectivity index (χ1n) is 6.17. The number of benzene rings is 1. The average molecular weight is 250 g/mol. The van der Waals surface area contributed by atoms with Gasteiger partial charge in [-0.3, -0.25) is 4.79 Å². The van der Waals surface area contributed by atoms with Gasteiger partial charge in [0.1, 0.15) is 6.29 Å². The zero-order valence-electron chi connectivity index (χ0n) is 10.6. The third-order valence-corrected chi connectivity index (χ3v) is 3.14. The Balaban J connectivity index is 1.97. The van der Waals surface area contributed by atoms with E-state index in [4.69, 9.17) is 14.2 Å². The second-order valence-corrected chi connectivity index (χ2v) is 4.39. The van der Waals surface area contributed by atoms with Gasteiger partial charge in [-0.25, -0.2) is 0 Å². The number of hydrogen-bond acceptors (Lipinski definition) is 4. The molecule has 4 nitrogen and oxygen atoms in total. The number of carbonyl (C=O) groups is 1. The van der Waals surface area contributed by atoms with Gasteiger partial charge in [-0.1, -0.05) is 0 Å². The predicted molar refractivity (Wildman–Crippen MR) is 67.4 cm³/mol. The van der Waals surface area contributed by atoms with Crippen molar-refractivity contribution < 1.29 is 19.0 Å². The minimum Gasteiger partial charge on any atom is -0.493 e. The fourth-order valence-corrected chi connectivity index (χ4v) is 2.00. The number of carbonyl (C=O) groups excluding carboxylic acids is 1. The van der Waals surface area contributed by atoms with Gasteiger partial charge in [-0.15, -0.1) is 0 Å². The van der Waals surface area contributed by atoms with Gasteiger partial charge in [0.2, 0.25) is 0 Å². The molecule has 0 spiro atoms. The molecule has 0 bridgehead atoms. The van der Waals surface area contributed by atoms with Crippen molar-refractivity contribution in [1.29, 1.82) is 0 Å². The fourth-order valence-electron chi connectivity index (χ4n) is 2.00. The molecule has 1 fully saturated rings. The van der Waals surface area contributed by atoms with Crippen LogP contribution in [0.3, 0.4) is 0 Å². The summed E-state index contributed by atoms with van der Waals surface area (Å²) in [4.78, 5) is 10.7. The Morgan fingerprint density at radius 3 is 2.78 bits per heavy atom. The van der Waals surface area contributed by atoms with Gasteiger partial charge in [0, 0.05) is 18.8 Å². The Bertz CT molecular complexity index is 397. The number of hydrogen-bond donors (Lipinski definition) is 0. The van der Waals surface area contributed by atoms with Crippen molar-refractivity contribution in [2.24, 2.45) is 5.92 Å². The van der Waals surface area contributed by atoms with Gasteiger partial charge >= 0.3 is 0 Å². The summed E-state index contributed by atoms with van der Waals surface area (Å²) in [6.45, 7) is 2.30. The highest BCUT2D eigenvalue weighted by atomic mass is 16.5. The molecule has 0 unspecified atom stereocenters. The lowest BCUT2D eigenvalue weighted by Gasteiger charge is -2.22. The zero-order chi connectivity index (χ0) is 12.8. The van der Waals surface area contributed by atoms with Gasteiger partial charge in [-0.2, -0.15) is 0 Å². The van der Waals surface area contributed by atoms with Crippen LogP contribution in [0.5, 0.6) is 11.5 Å². The summed E-state index contributed by atoms with van der Waals surface area (Å²) in [7, 11) is 1.57. The summed E-state index contributed by atoms with van der Waals surface area (Å²) in [5, 5.41) is 0.